The Bertz CT molecular complexity index is 950. The molecule has 0 radical (unpaired) electrons. The van der Waals surface area contributed by atoms with E-state index in [0.29, 0.717) is 17.2 Å². The number of aryl methyl sites for hydroxylation is 1. The van der Waals surface area contributed by atoms with Crippen LogP contribution in [0.4, 0.5) is 4.39 Å². The van der Waals surface area contributed by atoms with Gasteiger partial charge in [-0.15, -0.1) is 0 Å². The molecule has 0 saturated heterocycles. The van der Waals surface area contributed by atoms with Gasteiger partial charge in [-0.1, -0.05) is 23.4 Å². The van der Waals surface area contributed by atoms with Gasteiger partial charge in [0.15, 0.2) is 5.69 Å². The smallest absolute Gasteiger partial charge is 0.274 e. The van der Waals surface area contributed by atoms with Gasteiger partial charge in [0.2, 0.25) is 0 Å². The number of aromatic nitrogens is 1. The van der Waals surface area contributed by atoms with E-state index >= 15 is 0 Å². The van der Waals surface area contributed by atoms with Gasteiger partial charge in [-0.3, -0.25) is 4.79 Å². The van der Waals surface area contributed by atoms with Crippen molar-refractivity contribution in [1.82, 2.24) is 10.5 Å². The zero-order valence-corrected chi connectivity index (χ0v) is 14.7. The maximum absolute atomic E-state index is 13.1. The zero-order chi connectivity index (χ0) is 18.6. The number of amides is 1. The van der Waals surface area contributed by atoms with Gasteiger partial charge >= 0.3 is 0 Å². The van der Waals surface area contributed by atoms with Crippen LogP contribution in [0.5, 0.6) is 11.5 Å². The first-order chi connectivity index (χ1) is 13.2. The standard InChI is InChI=1S/C21H19FN2O3/c22-15-9-11-16(12-10-15)26-18-7-3-1-5-14(18)13-23-21(25)20-17-6-2-4-8-19(17)27-24-20/h1,3,5,7,9-12H,2,4,6,8,13H2,(H,23,25). The highest BCUT2D eigenvalue weighted by atomic mass is 19.1. The van der Waals surface area contributed by atoms with Crippen LogP contribution in [0.15, 0.2) is 53.1 Å². The minimum atomic E-state index is -0.321. The number of ether oxygens (including phenoxy) is 1. The third-order valence-corrected chi connectivity index (χ3v) is 4.62. The maximum Gasteiger partial charge on any atom is 0.274 e. The molecule has 0 atom stereocenters. The van der Waals surface area contributed by atoms with Crippen molar-refractivity contribution in [3.05, 3.63) is 76.9 Å². The molecule has 0 spiro atoms. The van der Waals surface area contributed by atoms with Gasteiger partial charge in [-0.05, 0) is 49.6 Å². The highest BCUT2D eigenvalue weighted by Gasteiger charge is 2.23. The van der Waals surface area contributed by atoms with Gasteiger partial charge in [0.25, 0.3) is 5.91 Å². The normalized spacial score (nSPS) is 13.1. The van der Waals surface area contributed by atoms with Crippen LogP contribution in [0, 0.1) is 5.82 Å². The van der Waals surface area contributed by atoms with Gasteiger partial charge in [-0.25, -0.2) is 4.39 Å². The van der Waals surface area contributed by atoms with Crippen molar-refractivity contribution in [1.29, 1.82) is 0 Å². The molecule has 1 aliphatic rings. The summed E-state index contributed by atoms with van der Waals surface area (Å²) in [6.45, 7) is 0.290. The molecule has 0 fully saturated rings. The van der Waals surface area contributed by atoms with E-state index in [4.69, 9.17) is 9.26 Å². The number of hydrogen-bond donors (Lipinski definition) is 1. The maximum atomic E-state index is 13.1. The molecule has 0 saturated carbocycles. The number of hydrogen-bond acceptors (Lipinski definition) is 4. The number of nitrogens with one attached hydrogen (secondary N) is 1. The van der Waals surface area contributed by atoms with Crippen molar-refractivity contribution < 1.29 is 18.4 Å². The van der Waals surface area contributed by atoms with E-state index in [9.17, 15) is 9.18 Å². The lowest BCUT2D eigenvalue weighted by molar-refractivity contribution is 0.0941. The topological polar surface area (TPSA) is 64.4 Å². The molecule has 0 unspecified atom stereocenters. The summed E-state index contributed by atoms with van der Waals surface area (Å²) < 4.78 is 24.2. The first kappa shape index (κ1) is 17.3. The highest BCUT2D eigenvalue weighted by Crippen LogP contribution is 2.26. The van der Waals surface area contributed by atoms with E-state index in [2.05, 4.69) is 10.5 Å². The zero-order valence-electron chi connectivity index (χ0n) is 14.7. The molecule has 6 heteroatoms. The molecular weight excluding hydrogens is 347 g/mol. The summed E-state index contributed by atoms with van der Waals surface area (Å²) in [7, 11) is 0. The number of rotatable bonds is 5. The Kier molecular flexibility index (Phi) is 4.87. The average Bonchev–Trinajstić information content (AvgIpc) is 3.13. The quantitative estimate of drug-likeness (QED) is 0.726. The van der Waals surface area contributed by atoms with Crippen LogP contribution < -0.4 is 10.1 Å². The fraction of sp³-hybridized carbons (Fsp3) is 0.238. The third-order valence-electron chi connectivity index (χ3n) is 4.62. The molecule has 0 aliphatic heterocycles. The molecule has 5 nitrogen and oxygen atoms in total. The second-order valence-corrected chi connectivity index (χ2v) is 6.49. The number of carbonyl (C=O) groups excluding carboxylic acids is 1. The Morgan fingerprint density at radius 2 is 1.89 bits per heavy atom. The van der Waals surface area contributed by atoms with Crippen molar-refractivity contribution in [3.8, 4) is 11.5 Å². The lowest BCUT2D eigenvalue weighted by Gasteiger charge is -2.12. The largest absolute Gasteiger partial charge is 0.457 e. The molecule has 1 aromatic heterocycles. The average molecular weight is 366 g/mol. The summed E-state index contributed by atoms with van der Waals surface area (Å²) in [4.78, 5) is 12.5. The van der Waals surface area contributed by atoms with E-state index in [1.165, 1.54) is 12.1 Å². The number of fused-ring (bicyclic) bond motifs is 1. The molecule has 3 aromatic rings. The first-order valence-electron chi connectivity index (χ1n) is 8.97. The Hall–Kier alpha value is -3.15. The van der Waals surface area contributed by atoms with Crippen LogP contribution in [0.3, 0.4) is 0 Å². The summed E-state index contributed by atoms with van der Waals surface area (Å²) in [5, 5.41) is 6.84. The summed E-state index contributed by atoms with van der Waals surface area (Å²) in [5.41, 5.74) is 2.11. The number of nitrogens with zero attached hydrogens (tertiary/aromatic N) is 1. The van der Waals surface area contributed by atoms with Crippen LogP contribution in [-0.2, 0) is 19.4 Å². The predicted molar refractivity (Wildman–Crippen MR) is 97.2 cm³/mol. The second kappa shape index (κ2) is 7.61. The molecule has 1 aliphatic carbocycles. The molecule has 0 bridgehead atoms. The lowest BCUT2D eigenvalue weighted by atomic mass is 9.96. The van der Waals surface area contributed by atoms with E-state index < -0.39 is 0 Å². The van der Waals surface area contributed by atoms with Gasteiger partial charge in [0.1, 0.15) is 23.1 Å². The van der Waals surface area contributed by atoms with Gasteiger partial charge in [-0.2, -0.15) is 0 Å². The van der Waals surface area contributed by atoms with Crippen molar-refractivity contribution in [2.75, 3.05) is 0 Å². The van der Waals surface area contributed by atoms with Gasteiger partial charge in [0, 0.05) is 24.1 Å². The van der Waals surface area contributed by atoms with Crippen LogP contribution >= 0.6 is 0 Å². The molecule has 138 valence electrons. The molecule has 1 N–H and O–H groups in total. The minimum Gasteiger partial charge on any atom is -0.457 e. The lowest BCUT2D eigenvalue weighted by Crippen LogP contribution is -2.24. The number of benzene rings is 2. The summed E-state index contributed by atoms with van der Waals surface area (Å²) in [5.74, 6) is 1.39. The molecule has 4 rings (SSSR count). The molecular formula is C21H19FN2O3. The second-order valence-electron chi connectivity index (χ2n) is 6.49. The fourth-order valence-electron chi connectivity index (χ4n) is 3.20. The molecule has 2 aromatic carbocycles. The van der Waals surface area contributed by atoms with E-state index in [0.717, 1.165) is 42.6 Å². The minimum absolute atomic E-state index is 0.251. The number of para-hydroxylation sites is 1. The monoisotopic (exact) mass is 366 g/mol. The van der Waals surface area contributed by atoms with Crippen molar-refractivity contribution >= 4 is 5.91 Å². The van der Waals surface area contributed by atoms with Gasteiger partial charge < -0.3 is 14.6 Å². The summed E-state index contributed by atoms with van der Waals surface area (Å²) in [6.07, 6.45) is 3.77. The highest BCUT2D eigenvalue weighted by molar-refractivity contribution is 5.93. The van der Waals surface area contributed by atoms with Crippen LogP contribution in [-0.4, -0.2) is 11.1 Å². The Morgan fingerprint density at radius 3 is 2.74 bits per heavy atom. The van der Waals surface area contributed by atoms with Crippen molar-refractivity contribution in [2.24, 2.45) is 0 Å². The molecule has 1 amide bonds. The van der Waals surface area contributed by atoms with Crippen LogP contribution in [0.2, 0.25) is 0 Å². The number of halogens is 1. The summed E-state index contributed by atoms with van der Waals surface area (Å²) in [6, 6.07) is 13.2. The van der Waals surface area contributed by atoms with Crippen LogP contribution in [0.1, 0.15) is 40.2 Å². The third kappa shape index (κ3) is 3.84. The van der Waals surface area contributed by atoms with Crippen molar-refractivity contribution in [2.45, 2.75) is 32.2 Å². The van der Waals surface area contributed by atoms with Crippen LogP contribution in [0.25, 0.3) is 0 Å². The summed E-state index contributed by atoms with van der Waals surface area (Å²) >= 11 is 0. The van der Waals surface area contributed by atoms with Gasteiger partial charge in [0.05, 0.1) is 0 Å². The van der Waals surface area contributed by atoms with E-state index in [1.807, 2.05) is 24.3 Å². The SMILES string of the molecule is O=C(NCc1ccccc1Oc1ccc(F)cc1)c1noc2c1CCCC2. The fourth-order valence-corrected chi connectivity index (χ4v) is 3.20. The number of carbonyl (C=O) groups is 1. The first-order valence-corrected chi connectivity index (χ1v) is 8.97. The Morgan fingerprint density at radius 1 is 1.11 bits per heavy atom. The van der Waals surface area contributed by atoms with E-state index in [-0.39, 0.29) is 18.3 Å². The van der Waals surface area contributed by atoms with Crippen molar-refractivity contribution in [3.63, 3.8) is 0 Å². The predicted octanol–water partition coefficient (Wildman–Crippen LogP) is 4.41. The molecule has 27 heavy (non-hydrogen) atoms. The Balaban J connectivity index is 1.46. The van der Waals surface area contributed by atoms with E-state index in [1.54, 1.807) is 12.1 Å². The Labute approximate surface area is 156 Å². The molecule has 1 heterocycles.